The topological polar surface area (TPSA) is 137 Å². The van der Waals surface area contributed by atoms with E-state index in [1.165, 1.54) is 30.3 Å². The second-order valence-electron chi connectivity index (χ2n) is 8.66. The molecule has 0 spiro atoms. The van der Waals surface area contributed by atoms with Gasteiger partial charge in [0, 0.05) is 0 Å². The lowest BCUT2D eigenvalue weighted by molar-refractivity contribution is 0.0412. The van der Waals surface area contributed by atoms with Gasteiger partial charge in [-0.2, -0.15) is 0 Å². The zero-order chi connectivity index (χ0) is 24.8. The number of rotatable bonds is 2. The molecule has 0 radical (unpaired) electrons. The molecule has 0 saturated carbocycles. The Bertz CT molecular complexity index is 1010. The van der Waals surface area contributed by atoms with Crippen LogP contribution in [0, 0.1) is 11.8 Å². The van der Waals surface area contributed by atoms with Crippen molar-refractivity contribution in [2.45, 2.75) is 39.8 Å². The fourth-order valence-corrected chi connectivity index (χ4v) is 3.11. The van der Waals surface area contributed by atoms with Gasteiger partial charge in [0.25, 0.3) is 11.8 Å². The summed E-state index contributed by atoms with van der Waals surface area (Å²) >= 11 is 0. The molecule has 3 rings (SSSR count). The standard InChI is InChI=1S/C24H28N4O6/c1-13(2)19-11-33-23(31)17-9-6-10-18(26-17)24(32)34-12-20(14(3)4)28-22(30)16-8-5-7-15(25-16)21(29)27-19/h5-10,13-14,19-20H,11-12H2,1-4H3,(H,27,29)(H,28,30). The number of esters is 2. The predicted molar refractivity (Wildman–Crippen MR) is 121 cm³/mol. The number of nitrogens with zero attached hydrogens (tertiary/aromatic N) is 2. The second kappa shape index (κ2) is 10.9. The van der Waals surface area contributed by atoms with Crippen LogP contribution in [0.4, 0.5) is 0 Å². The molecule has 2 aromatic heterocycles. The largest absolute Gasteiger partial charge is 0.459 e. The van der Waals surface area contributed by atoms with Crippen molar-refractivity contribution in [2.24, 2.45) is 11.8 Å². The summed E-state index contributed by atoms with van der Waals surface area (Å²) in [7, 11) is 0. The van der Waals surface area contributed by atoms with Crippen LogP contribution in [-0.4, -0.2) is 59.0 Å². The third kappa shape index (κ3) is 6.15. The maximum absolute atomic E-state index is 12.8. The molecule has 2 aromatic rings. The molecule has 3 heterocycles. The Hall–Kier alpha value is -3.82. The average Bonchev–Trinajstić information content (AvgIpc) is 2.82. The molecule has 4 bridgehead atoms. The maximum atomic E-state index is 12.8. The Morgan fingerprint density at radius 2 is 1.03 bits per heavy atom. The molecule has 0 fully saturated rings. The lowest BCUT2D eigenvalue weighted by atomic mass is 10.0. The number of fused-ring (bicyclic) bond motifs is 4. The van der Waals surface area contributed by atoms with Crippen LogP contribution in [0.15, 0.2) is 36.4 Å². The third-order valence-corrected chi connectivity index (χ3v) is 5.41. The van der Waals surface area contributed by atoms with Crippen molar-refractivity contribution in [3.05, 3.63) is 59.2 Å². The number of carbonyl (C=O) groups is 4. The first-order chi connectivity index (χ1) is 16.2. The molecule has 2 N–H and O–H groups in total. The molecule has 0 aliphatic carbocycles. The zero-order valence-corrected chi connectivity index (χ0v) is 19.5. The normalized spacial score (nSPS) is 20.1. The number of hydrogen-bond acceptors (Lipinski definition) is 8. The summed E-state index contributed by atoms with van der Waals surface area (Å²) < 4.78 is 10.7. The van der Waals surface area contributed by atoms with Crippen molar-refractivity contribution >= 4 is 23.8 Å². The van der Waals surface area contributed by atoms with E-state index >= 15 is 0 Å². The first kappa shape index (κ1) is 24.8. The van der Waals surface area contributed by atoms with Crippen molar-refractivity contribution in [3.63, 3.8) is 0 Å². The van der Waals surface area contributed by atoms with Gasteiger partial charge in [-0.15, -0.1) is 0 Å². The monoisotopic (exact) mass is 468 g/mol. The summed E-state index contributed by atoms with van der Waals surface area (Å²) in [5.74, 6) is -2.61. The van der Waals surface area contributed by atoms with Crippen molar-refractivity contribution in [1.29, 1.82) is 0 Å². The average molecular weight is 469 g/mol. The Labute approximate surface area is 197 Å². The van der Waals surface area contributed by atoms with Crippen LogP contribution in [0.5, 0.6) is 0 Å². The number of nitrogens with one attached hydrogen (secondary N) is 2. The van der Waals surface area contributed by atoms with Crippen molar-refractivity contribution < 1.29 is 28.7 Å². The summed E-state index contributed by atoms with van der Waals surface area (Å²) in [5.41, 5.74) is -0.0276. The van der Waals surface area contributed by atoms with Crippen LogP contribution in [0.1, 0.15) is 69.6 Å². The summed E-state index contributed by atoms with van der Waals surface area (Å²) in [6.45, 7) is 7.22. The maximum Gasteiger partial charge on any atom is 0.357 e. The molecule has 2 atom stereocenters. The first-order valence-electron chi connectivity index (χ1n) is 11.1. The number of pyridine rings is 2. The van der Waals surface area contributed by atoms with E-state index in [2.05, 4.69) is 20.6 Å². The Kier molecular flexibility index (Phi) is 7.93. The van der Waals surface area contributed by atoms with Crippen LogP contribution in [-0.2, 0) is 9.47 Å². The van der Waals surface area contributed by atoms with E-state index in [-0.39, 0.29) is 47.8 Å². The minimum Gasteiger partial charge on any atom is -0.459 e. The molecule has 10 heteroatoms. The summed E-state index contributed by atoms with van der Waals surface area (Å²) in [6.07, 6.45) is 0. The highest BCUT2D eigenvalue weighted by atomic mass is 16.5. The van der Waals surface area contributed by atoms with Gasteiger partial charge in [-0.1, -0.05) is 39.8 Å². The molecular weight excluding hydrogens is 440 g/mol. The quantitative estimate of drug-likeness (QED) is 0.639. The van der Waals surface area contributed by atoms with Crippen LogP contribution in [0.25, 0.3) is 0 Å². The molecule has 2 amide bonds. The lowest BCUT2D eigenvalue weighted by Crippen LogP contribution is -2.44. The van der Waals surface area contributed by atoms with E-state index in [4.69, 9.17) is 9.47 Å². The number of aromatic nitrogens is 2. The lowest BCUT2D eigenvalue weighted by Gasteiger charge is -2.23. The molecule has 2 unspecified atom stereocenters. The van der Waals surface area contributed by atoms with E-state index in [0.717, 1.165) is 0 Å². The molecule has 0 saturated heterocycles. The van der Waals surface area contributed by atoms with Gasteiger partial charge in [-0.3, -0.25) is 9.59 Å². The van der Waals surface area contributed by atoms with E-state index in [9.17, 15) is 19.2 Å². The molecular formula is C24H28N4O6. The highest BCUT2D eigenvalue weighted by Crippen LogP contribution is 2.11. The van der Waals surface area contributed by atoms with E-state index in [1.807, 2.05) is 27.7 Å². The van der Waals surface area contributed by atoms with Crippen molar-refractivity contribution in [2.75, 3.05) is 13.2 Å². The van der Waals surface area contributed by atoms with E-state index in [0.29, 0.717) is 0 Å². The Balaban J connectivity index is 1.95. The smallest absolute Gasteiger partial charge is 0.357 e. The highest BCUT2D eigenvalue weighted by Gasteiger charge is 2.25. The fraction of sp³-hybridized carbons (Fsp3) is 0.417. The van der Waals surface area contributed by atoms with Crippen LogP contribution >= 0.6 is 0 Å². The predicted octanol–water partition coefficient (Wildman–Crippen LogP) is 2.01. The second-order valence-corrected chi connectivity index (χ2v) is 8.66. The summed E-state index contributed by atoms with van der Waals surface area (Å²) in [5, 5.41) is 5.60. The van der Waals surface area contributed by atoms with Gasteiger partial charge in [-0.25, -0.2) is 19.6 Å². The molecule has 1 aliphatic heterocycles. The van der Waals surface area contributed by atoms with Crippen molar-refractivity contribution in [3.8, 4) is 0 Å². The number of amides is 2. The molecule has 1 aliphatic rings. The number of cyclic esters (lactones) is 2. The van der Waals surface area contributed by atoms with Gasteiger partial charge in [0.1, 0.15) is 36.0 Å². The van der Waals surface area contributed by atoms with Crippen LogP contribution < -0.4 is 10.6 Å². The van der Waals surface area contributed by atoms with Gasteiger partial charge in [0.05, 0.1) is 12.1 Å². The van der Waals surface area contributed by atoms with Gasteiger partial charge < -0.3 is 20.1 Å². The highest BCUT2D eigenvalue weighted by molar-refractivity contribution is 5.96. The minimum atomic E-state index is -0.733. The zero-order valence-electron chi connectivity index (χ0n) is 19.5. The summed E-state index contributed by atoms with van der Waals surface area (Å²) in [6, 6.07) is 7.85. The number of carbonyl (C=O) groups excluding carboxylic acids is 4. The molecule has 10 nitrogen and oxygen atoms in total. The van der Waals surface area contributed by atoms with E-state index in [1.54, 1.807) is 6.07 Å². The van der Waals surface area contributed by atoms with Gasteiger partial charge in [-0.05, 0) is 36.1 Å². The molecule has 180 valence electrons. The first-order valence-corrected chi connectivity index (χ1v) is 11.1. The van der Waals surface area contributed by atoms with Crippen LogP contribution in [0.2, 0.25) is 0 Å². The SMILES string of the molecule is CC(C)C1COC(=O)c2cccc(n2)C(=O)OCC(C(C)C)NC(=O)c2cccc(n2)C(=O)N1. The van der Waals surface area contributed by atoms with Gasteiger partial charge in [0.2, 0.25) is 0 Å². The van der Waals surface area contributed by atoms with Gasteiger partial charge in [0.15, 0.2) is 0 Å². The number of hydrogen-bond donors (Lipinski definition) is 2. The molecule has 34 heavy (non-hydrogen) atoms. The fourth-order valence-electron chi connectivity index (χ4n) is 3.11. The molecule has 0 aromatic carbocycles. The van der Waals surface area contributed by atoms with E-state index < -0.39 is 35.8 Å². The number of ether oxygens (including phenoxy) is 2. The summed E-state index contributed by atoms with van der Waals surface area (Å²) in [4.78, 5) is 58.9. The van der Waals surface area contributed by atoms with Crippen LogP contribution in [0.3, 0.4) is 0 Å². The Morgan fingerprint density at radius 3 is 1.41 bits per heavy atom. The van der Waals surface area contributed by atoms with Gasteiger partial charge >= 0.3 is 11.9 Å². The third-order valence-electron chi connectivity index (χ3n) is 5.41. The Morgan fingerprint density at radius 1 is 0.676 bits per heavy atom. The van der Waals surface area contributed by atoms with Crippen molar-refractivity contribution in [1.82, 2.24) is 20.6 Å². The minimum absolute atomic E-state index is 0.0487.